The average Bonchev–Trinajstić information content (AvgIpc) is 3.01. The highest BCUT2D eigenvalue weighted by molar-refractivity contribution is 8.03. The summed E-state index contributed by atoms with van der Waals surface area (Å²) in [6, 6.07) is 9.61. The molecular formula is C17H17N3O2S. The Morgan fingerprint density at radius 2 is 2.13 bits per heavy atom. The van der Waals surface area contributed by atoms with Gasteiger partial charge in [0.25, 0.3) is 0 Å². The summed E-state index contributed by atoms with van der Waals surface area (Å²) < 4.78 is 5.42. The number of carbonyl (C=O) groups excluding carboxylic acids is 1. The van der Waals surface area contributed by atoms with Gasteiger partial charge in [-0.1, -0.05) is 30.0 Å². The quantitative estimate of drug-likeness (QED) is 0.631. The molecule has 1 saturated heterocycles. The Morgan fingerprint density at radius 3 is 2.74 bits per heavy atom. The molecule has 1 atom stereocenters. The van der Waals surface area contributed by atoms with E-state index < -0.39 is 0 Å². The van der Waals surface area contributed by atoms with Crippen molar-refractivity contribution in [1.82, 2.24) is 4.90 Å². The molecule has 1 aromatic rings. The van der Waals surface area contributed by atoms with E-state index in [2.05, 4.69) is 4.79 Å². The lowest BCUT2D eigenvalue weighted by Crippen LogP contribution is -2.42. The fraction of sp³-hybridized carbons (Fsp3) is 0.294. The van der Waals surface area contributed by atoms with Crippen molar-refractivity contribution >= 4 is 23.4 Å². The van der Waals surface area contributed by atoms with Crippen LogP contribution in [0.25, 0.3) is 5.53 Å². The predicted octanol–water partition coefficient (Wildman–Crippen LogP) is 2.87. The topological polar surface area (TPSA) is 65.9 Å². The highest BCUT2D eigenvalue weighted by atomic mass is 32.2. The molecule has 1 amide bonds. The van der Waals surface area contributed by atoms with Gasteiger partial charge in [0.1, 0.15) is 5.76 Å². The molecule has 2 aliphatic rings. The van der Waals surface area contributed by atoms with E-state index in [0.29, 0.717) is 24.4 Å². The van der Waals surface area contributed by atoms with Crippen LogP contribution in [0.4, 0.5) is 0 Å². The van der Waals surface area contributed by atoms with Crippen molar-refractivity contribution in [3.05, 3.63) is 58.7 Å². The van der Waals surface area contributed by atoms with Crippen LogP contribution in [0.3, 0.4) is 0 Å². The fourth-order valence-electron chi connectivity index (χ4n) is 2.76. The lowest BCUT2D eigenvalue weighted by Gasteiger charge is -2.25. The van der Waals surface area contributed by atoms with E-state index >= 15 is 0 Å². The zero-order valence-corrected chi connectivity index (χ0v) is 13.6. The van der Waals surface area contributed by atoms with Crippen LogP contribution < -0.4 is 0 Å². The summed E-state index contributed by atoms with van der Waals surface area (Å²) in [5.41, 5.74) is 9.74. The third kappa shape index (κ3) is 3.23. The largest absolute Gasteiger partial charge is 0.495 e. The third-order valence-corrected chi connectivity index (χ3v) is 4.95. The lowest BCUT2D eigenvalue weighted by atomic mass is 10.0. The molecule has 3 rings (SSSR count). The molecule has 0 spiro atoms. The summed E-state index contributed by atoms with van der Waals surface area (Å²) in [6.07, 6.45) is 5.02. The average molecular weight is 327 g/mol. The smallest absolute Gasteiger partial charge is 0.322 e. The third-order valence-electron chi connectivity index (χ3n) is 3.89. The molecular weight excluding hydrogens is 310 g/mol. The van der Waals surface area contributed by atoms with Gasteiger partial charge in [0, 0.05) is 17.9 Å². The zero-order valence-electron chi connectivity index (χ0n) is 12.8. The van der Waals surface area contributed by atoms with Gasteiger partial charge in [-0.05, 0) is 24.6 Å². The monoisotopic (exact) mass is 327 g/mol. The summed E-state index contributed by atoms with van der Waals surface area (Å²) in [4.78, 5) is 19.2. The summed E-state index contributed by atoms with van der Waals surface area (Å²) >= 11 is 1.57. The molecule has 0 radical (unpaired) electrons. The van der Waals surface area contributed by atoms with Crippen LogP contribution in [0, 0.1) is 0 Å². The fourth-order valence-corrected chi connectivity index (χ4v) is 3.75. The second-order valence-electron chi connectivity index (χ2n) is 5.32. The Kier molecular flexibility index (Phi) is 4.65. The Balaban J connectivity index is 1.94. The first kappa shape index (κ1) is 15.6. The van der Waals surface area contributed by atoms with E-state index in [1.807, 2.05) is 36.4 Å². The Hall–Kier alpha value is -2.30. The second kappa shape index (κ2) is 6.86. The molecule has 1 aliphatic carbocycles. The number of amides is 1. The number of nitrogens with zero attached hydrogens (tertiary/aromatic N) is 3. The normalized spacial score (nSPS) is 20.9. The number of hydrogen-bond donors (Lipinski definition) is 0. The van der Waals surface area contributed by atoms with Crippen LogP contribution in [0.1, 0.15) is 12.8 Å². The summed E-state index contributed by atoms with van der Waals surface area (Å²) in [6.45, 7) is 0.679. The number of ether oxygens (including phenoxy) is 1. The van der Waals surface area contributed by atoms with E-state index in [9.17, 15) is 10.3 Å². The van der Waals surface area contributed by atoms with Gasteiger partial charge in [-0.25, -0.2) is 0 Å². The van der Waals surface area contributed by atoms with Gasteiger partial charge in [0.2, 0.25) is 5.91 Å². The Bertz CT molecular complexity index is 721. The highest BCUT2D eigenvalue weighted by Crippen LogP contribution is 2.35. The lowest BCUT2D eigenvalue weighted by molar-refractivity contribution is -0.128. The van der Waals surface area contributed by atoms with Gasteiger partial charge in [-0.3, -0.25) is 4.79 Å². The van der Waals surface area contributed by atoms with E-state index in [1.54, 1.807) is 29.8 Å². The van der Waals surface area contributed by atoms with Crippen LogP contribution in [0.2, 0.25) is 0 Å². The van der Waals surface area contributed by atoms with Gasteiger partial charge in [0.05, 0.1) is 18.1 Å². The van der Waals surface area contributed by atoms with E-state index in [4.69, 9.17) is 4.74 Å². The number of benzene rings is 1. The molecule has 0 N–H and O–H groups in total. The number of methoxy groups -OCH3 is 1. The van der Waals surface area contributed by atoms with Crippen molar-refractivity contribution in [3.8, 4) is 0 Å². The minimum atomic E-state index is -0.347. The standard InChI is InChI=1S/C17H17N3O2S/c1-22-15-10-13(19-18)14(20-9-5-8-17(20)21)11-16(15)23-12-6-3-2-4-7-12/h2-4,6-7,10-11,14H,5,8-9H2,1H3. The molecule has 23 heavy (non-hydrogen) atoms. The van der Waals surface area contributed by atoms with E-state index in [0.717, 1.165) is 16.2 Å². The van der Waals surface area contributed by atoms with Gasteiger partial charge in [-0.2, -0.15) is 4.79 Å². The summed E-state index contributed by atoms with van der Waals surface area (Å²) in [7, 11) is 1.58. The van der Waals surface area contributed by atoms with E-state index in [1.165, 1.54) is 0 Å². The molecule has 1 aromatic carbocycles. The maximum absolute atomic E-state index is 12.1. The van der Waals surface area contributed by atoms with Crippen molar-refractivity contribution in [2.45, 2.75) is 23.8 Å². The Morgan fingerprint density at radius 1 is 1.35 bits per heavy atom. The number of likely N-dealkylation sites (tertiary alicyclic amines) is 1. The zero-order chi connectivity index (χ0) is 16.2. The van der Waals surface area contributed by atoms with Gasteiger partial charge < -0.3 is 15.2 Å². The Labute approximate surface area is 139 Å². The first-order valence-corrected chi connectivity index (χ1v) is 8.27. The van der Waals surface area contributed by atoms with Crippen LogP contribution >= 0.6 is 11.8 Å². The van der Waals surface area contributed by atoms with Crippen LogP contribution in [0.15, 0.2) is 58.0 Å². The van der Waals surface area contributed by atoms with Gasteiger partial charge in [-0.15, -0.1) is 0 Å². The van der Waals surface area contributed by atoms with Gasteiger partial charge in [0.15, 0.2) is 6.04 Å². The van der Waals surface area contributed by atoms with Crippen molar-refractivity contribution < 1.29 is 14.3 Å². The van der Waals surface area contributed by atoms with Crippen molar-refractivity contribution in [1.29, 1.82) is 0 Å². The summed E-state index contributed by atoms with van der Waals surface area (Å²) in [5, 5.41) is 0. The molecule has 1 unspecified atom stereocenters. The van der Waals surface area contributed by atoms with Gasteiger partial charge >= 0.3 is 5.71 Å². The number of thioether (sulfide) groups is 1. The first-order chi connectivity index (χ1) is 11.2. The minimum absolute atomic E-state index is 0.0886. The molecule has 118 valence electrons. The minimum Gasteiger partial charge on any atom is -0.495 e. The number of carbonyl (C=O) groups is 1. The molecule has 0 bridgehead atoms. The maximum Gasteiger partial charge on any atom is 0.322 e. The van der Waals surface area contributed by atoms with Crippen molar-refractivity contribution in [3.63, 3.8) is 0 Å². The molecule has 1 fully saturated rings. The second-order valence-corrected chi connectivity index (χ2v) is 6.43. The van der Waals surface area contributed by atoms with Crippen LogP contribution in [0.5, 0.6) is 0 Å². The predicted molar refractivity (Wildman–Crippen MR) is 88.8 cm³/mol. The summed E-state index contributed by atoms with van der Waals surface area (Å²) in [5.74, 6) is 0.722. The molecule has 0 saturated carbocycles. The van der Waals surface area contributed by atoms with E-state index in [-0.39, 0.29) is 11.9 Å². The van der Waals surface area contributed by atoms with Crippen molar-refractivity contribution in [2.75, 3.05) is 13.7 Å². The molecule has 6 heteroatoms. The van der Waals surface area contributed by atoms with Crippen molar-refractivity contribution in [2.24, 2.45) is 0 Å². The highest BCUT2D eigenvalue weighted by Gasteiger charge is 2.37. The molecule has 1 aliphatic heterocycles. The maximum atomic E-state index is 12.1. The molecule has 5 nitrogen and oxygen atoms in total. The van der Waals surface area contributed by atoms with Crippen LogP contribution in [-0.4, -0.2) is 41.0 Å². The number of rotatable bonds is 4. The number of hydrogen-bond acceptors (Lipinski definition) is 3. The molecule has 0 aromatic heterocycles. The first-order valence-electron chi connectivity index (χ1n) is 7.45. The molecule has 1 heterocycles. The van der Waals surface area contributed by atoms with Crippen LogP contribution in [-0.2, 0) is 9.53 Å². The SMILES string of the molecule is COC1=CC(=[N+]=[N-])C(N2CCCC2=O)C=C1Sc1ccccc1.